The molecule has 0 unspecified atom stereocenters. The van der Waals surface area contributed by atoms with Crippen molar-refractivity contribution in [2.45, 2.75) is 0 Å². The number of allylic oxidation sites excluding steroid dienone is 1. The highest BCUT2D eigenvalue weighted by molar-refractivity contribution is 7.12. The van der Waals surface area contributed by atoms with Gasteiger partial charge in [0, 0.05) is 0 Å². The molecule has 1 aromatic heterocycles. The van der Waals surface area contributed by atoms with Crippen molar-refractivity contribution in [1.82, 2.24) is 0 Å². The van der Waals surface area contributed by atoms with Crippen LogP contribution in [0.4, 0.5) is 0 Å². The van der Waals surface area contributed by atoms with Gasteiger partial charge in [-0.05, 0) is 35.2 Å². The van der Waals surface area contributed by atoms with Crippen molar-refractivity contribution in [2.75, 3.05) is 0 Å². The molecule has 0 saturated carbocycles. The Morgan fingerprint density at radius 3 is 2.63 bits per heavy atom. The first kappa shape index (κ1) is 13.8. The first-order valence-corrected chi connectivity index (χ1v) is 6.90. The molecule has 0 aliphatic heterocycles. The van der Waals surface area contributed by atoms with E-state index >= 15 is 0 Å². The number of hydrogen-bond acceptors (Lipinski definition) is 3. The third-order valence-electron chi connectivity index (χ3n) is 2.36. The lowest BCUT2D eigenvalue weighted by Crippen LogP contribution is -1.98. The van der Waals surface area contributed by atoms with Crippen molar-refractivity contribution in [3.8, 4) is 6.07 Å². The van der Waals surface area contributed by atoms with Gasteiger partial charge in [0.1, 0.15) is 11.6 Å². The van der Waals surface area contributed by atoms with E-state index in [0.29, 0.717) is 20.5 Å². The molecule has 1 heterocycles. The lowest BCUT2D eigenvalue weighted by atomic mass is 10.1. The normalized spacial score (nSPS) is 11.1. The summed E-state index contributed by atoms with van der Waals surface area (Å²) in [4.78, 5) is 12.6. The number of halogens is 2. The molecule has 1 aromatic carbocycles. The molecule has 0 atom stereocenters. The number of hydrogen-bond donors (Lipinski definition) is 0. The number of Topliss-reactive ketones (excluding diaryl/α,β-unsaturated/α-hetero) is 1. The van der Waals surface area contributed by atoms with E-state index in [1.54, 1.807) is 35.7 Å². The topological polar surface area (TPSA) is 40.9 Å². The van der Waals surface area contributed by atoms with Gasteiger partial charge in [-0.1, -0.05) is 35.3 Å². The van der Waals surface area contributed by atoms with E-state index in [4.69, 9.17) is 28.5 Å². The van der Waals surface area contributed by atoms with Gasteiger partial charge in [-0.25, -0.2) is 0 Å². The smallest absolute Gasteiger partial charge is 0.213 e. The van der Waals surface area contributed by atoms with E-state index in [1.807, 2.05) is 6.07 Å². The zero-order chi connectivity index (χ0) is 13.8. The van der Waals surface area contributed by atoms with Crippen molar-refractivity contribution in [1.29, 1.82) is 5.26 Å². The highest BCUT2D eigenvalue weighted by atomic mass is 35.5. The van der Waals surface area contributed by atoms with Crippen LogP contribution in [0.15, 0.2) is 41.3 Å². The summed E-state index contributed by atoms with van der Waals surface area (Å²) in [6, 6.07) is 10.3. The molecule has 0 aliphatic carbocycles. The predicted octanol–water partition coefficient (Wildman–Crippen LogP) is 4.84. The fraction of sp³-hybridized carbons (Fsp3) is 0. The summed E-state index contributed by atoms with van der Waals surface area (Å²) >= 11 is 13.0. The number of nitrogens with zero attached hydrogens (tertiary/aromatic N) is 1. The van der Waals surface area contributed by atoms with Crippen LogP contribution in [0.5, 0.6) is 0 Å². The van der Waals surface area contributed by atoms with Crippen LogP contribution in [-0.4, -0.2) is 5.78 Å². The number of ketones is 1. The minimum Gasteiger partial charge on any atom is -0.287 e. The molecule has 2 rings (SSSR count). The molecule has 0 aliphatic rings. The molecule has 0 bridgehead atoms. The van der Waals surface area contributed by atoms with Crippen LogP contribution in [0.1, 0.15) is 15.2 Å². The van der Waals surface area contributed by atoms with Gasteiger partial charge in [-0.2, -0.15) is 5.26 Å². The summed E-state index contributed by atoms with van der Waals surface area (Å²) < 4.78 is 0. The van der Waals surface area contributed by atoms with E-state index in [1.165, 1.54) is 17.4 Å². The van der Waals surface area contributed by atoms with Crippen LogP contribution in [0.3, 0.4) is 0 Å². The number of rotatable bonds is 3. The van der Waals surface area contributed by atoms with Gasteiger partial charge >= 0.3 is 0 Å². The second-order valence-corrected chi connectivity index (χ2v) is 5.41. The standard InChI is InChI=1S/C14H7Cl2NOS/c15-11-4-3-9(7-12(11)16)6-10(8-17)14(18)13-2-1-5-19-13/h1-7H/b10-6+. The van der Waals surface area contributed by atoms with E-state index in [2.05, 4.69) is 0 Å². The van der Waals surface area contributed by atoms with Crippen molar-refractivity contribution in [3.63, 3.8) is 0 Å². The summed E-state index contributed by atoms with van der Waals surface area (Å²) in [6.45, 7) is 0. The average Bonchev–Trinajstić information content (AvgIpc) is 2.93. The maximum absolute atomic E-state index is 12.1. The summed E-state index contributed by atoms with van der Waals surface area (Å²) in [6.07, 6.45) is 1.50. The molecule has 0 fully saturated rings. The van der Waals surface area contributed by atoms with E-state index in [9.17, 15) is 4.79 Å². The number of carbonyl (C=O) groups excluding carboxylic acids is 1. The number of carbonyl (C=O) groups is 1. The third kappa shape index (κ3) is 3.24. The Kier molecular flexibility index (Phi) is 4.39. The van der Waals surface area contributed by atoms with Crippen molar-refractivity contribution in [2.24, 2.45) is 0 Å². The van der Waals surface area contributed by atoms with Crippen molar-refractivity contribution >= 4 is 46.4 Å². The van der Waals surface area contributed by atoms with Gasteiger partial charge in [0.25, 0.3) is 0 Å². The second-order valence-electron chi connectivity index (χ2n) is 3.65. The Bertz CT molecular complexity index is 684. The lowest BCUT2D eigenvalue weighted by molar-refractivity contribution is 0.104. The minimum atomic E-state index is -0.288. The molecule has 0 radical (unpaired) electrons. The van der Waals surface area contributed by atoms with Crippen LogP contribution in [-0.2, 0) is 0 Å². The van der Waals surface area contributed by atoms with Crippen LogP contribution >= 0.6 is 34.5 Å². The highest BCUT2D eigenvalue weighted by Crippen LogP contribution is 2.24. The predicted molar refractivity (Wildman–Crippen MR) is 78.7 cm³/mol. The Morgan fingerprint density at radius 2 is 2.05 bits per heavy atom. The molecule has 19 heavy (non-hydrogen) atoms. The first-order chi connectivity index (χ1) is 9.11. The Labute approximate surface area is 124 Å². The molecule has 5 heteroatoms. The van der Waals surface area contributed by atoms with E-state index in [-0.39, 0.29) is 11.4 Å². The number of nitriles is 1. The fourth-order valence-corrected chi connectivity index (χ4v) is 2.44. The molecule has 0 N–H and O–H groups in total. The summed E-state index contributed by atoms with van der Waals surface area (Å²) in [7, 11) is 0. The van der Waals surface area contributed by atoms with Gasteiger partial charge in [-0.15, -0.1) is 11.3 Å². The largest absolute Gasteiger partial charge is 0.287 e. The zero-order valence-corrected chi connectivity index (χ0v) is 11.9. The zero-order valence-electron chi connectivity index (χ0n) is 9.56. The lowest BCUT2D eigenvalue weighted by Gasteiger charge is -1.99. The molecular weight excluding hydrogens is 301 g/mol. The van der Waals surface area contributed by atoms with Crippen LogP contribution in [0.25, 0.3) is 6.08 Å². The summed E-state index contributed by atoms with van der Waals surface area (Å²) in [5, 5.41) is 11.7. The van der Waals surface area contributed by atoms with Crippen molar-refractivity contribution in [3.05, 3.63) is 61.8 Å². The number of benzene rings is 1. The van der Waals surface area contributed by atoms with Crippen molar-refractivity contribution < 1.29 is 4.79 Å². The van der Waals surface area contributed by atoms with Gasteiger partial charge in [0.15, 0.2) is 0 Å². The van der Waals surface area contributed by atoms with Gasteiger partial charge in [0.2, 0.25) is 5.78 Å². The SMILES string of the molecule is N#C/C(=C\c1ccc(Cl)c(Cl)c1)C(=O)c1cccs1. The molecular formula is C14H7Cl2NOS. The molecule has 0 saturated heterocycles. The van der Waals surface area contributed by atoms with Gasteiger partial charge < -0.3 is 0 Å². The molecule has 94 valence electrons. The Morgan fingerprint density at radius 1 is 1.26 bits per heavy atom. The Balaban J connectivity index is 2.37. The fourth-order valence-electron chi connectivity index (χ4n) is 1.46. The van der Waals surface area contributed by atoms with E-state index in [0.717, 1.165) is 0 Å². The first-order valence-electron chi connectivity index (χ1n) is 5.27. The van der Waals surface area contributed by atoms with Crippen LogP contribution in [0, 0.1) is 11.3 Å². The molecule has 0 amide bonds. The summed E-state index contributed by atoms with van der Waals surface area (Å²) in [5.41, 5.74) is 0.733. The quantitative estimate of drug-likeness (QED) is 0.462. The van der Waals surface area contributed by atoms with Crippen LogP contribution < -0.4 is 0 Å². The third-order valence-corrected chi connectivity index (χ3v) is 3.97. The monoisotopic (exact) mass is 307 g/mol. The molecule has 0 spiro atoms. The maximum atomic E-state index is 12.1. The highest BCUT2D eigenvalue weighted by Gasteiger charge is 2.13. The Hall–Kier alpha value is -1.60. The second kappa shape index (κ2) is 6.03. The van der Waals surface area contributed by atoms with Crippen LogP contribution in [0.2, 0.25) is 10.0 Å². The maximum Gasteiger partial charge on any atom is 0.213 e. The minimum absolute atomic E-state index is 0.0702. The van der Waals surface area contributed by atoms with Gasteiger partial charge in [-0.3, -0.25) is 4.79 Å². The average molecular weight is 308 g/mol. The number of thiophene rings is 1. The van der Waals surface area contributed by atoms with E-state index < -0.39 is 0 Å². The van der Waals surface area contributed by atoms with Gasteiger partial charge in [0.05, 0.1) is 14.9 Å². The molecule has 2 aromatic rings. The summed E-state index contributed by atoms with van der Waals surface area (Å²) in [5.74, 6) is -0.288. The molecule has 2 nitrogen and oxygen atoms in total.